The van der Waals surface area contributed by atoms with Crippen molar-refractivity contribution in [2.45, 2.75) is 51.9 Å². The van der Waals surface area contributed by atoms with Crippen LogP contribution in [0.25, 0.3) is 0 Å². The van der Waals surface area contributed by atoms with Crippen molar-refractivity contribution in [2.24, 2.45) is 0 Å². The van der Waals surface area contributed by atoms with Crippen molar-refractivity contribution >= 4 is 6.03 Å². The van der Waals surface area contributed by atoms with E-state index in [1.807, 2.05) is 0 Å². The molecule has 7 heteroatoms. The van der Waals surface area contributed by atoms with Gasteiger partial charge < -0.3 is 20.1 Å². The van der Waals surface area contributed by atoms with Gasteiger partial charge in [-0.1, -0.05) is 0 Å². The fraction of sp³-hybridized carbons (Fsp3) is 0.944. The molecule has 0 spiro atoms. The maximum Gasteiger partial charge on any atom is 0.314 e. The average molecular weight is 357 g/mol. The quantitative estimate of drug-likeness (QED) is 0.664. The van der Waals surface area contributed by atoms with Gasteiger partial charge in [0.15, 0.2) is 0 Å². The minimum Gasteiger partial charge on any atom is -0.379 e. The van der Waals surface area contributed by atoms with Crippen LogP contribution in [0.2, 0.25) is 0 Å². The summed E-state index contributed by atoms with van der Waals surface area (Å²) in [6.45, 7) is 16.3. The summed E-state index contributed by atoms with van der Waals surface area (Å²) in [6, 6.07) is -0.0793. The molecule has 0 radical (unpaired) electrons. The molecule has 0 aromatic rings. The molecule has 146 valence electrons. The molecule has 0 aliphatic carbocycles. The van der Waals surface area contributed by atoms with Crippen LogP contribution in [0.4, 0.5) is 4.79 Å². The summed E-state index contributed by atoms with van der Waals surface area (Å²) in [5.41, 5.74) is -0.0859. The highest BCUT2D eigenvalue weighted by Gasteiger charge is 2.33. The molecule has 0 bridgehead atoms. The molecule has 2 amide bonds. The average Bonchev–Trinajstić information content (AvgIpc) is 2.57. The minimum absolute atomic E-state index is 0.0793. The summed E-state index contributed by atoms with van der Waals surface area (Å²) in [7, 11) is 0. The maximum absolute atomic E-state index is 12.1. The van der Waals surface area contributed by atoms with Gasteiger partial charge >= 0.3 is 6.03 Å². The van der Waals surface area contributed by atoms with Crippen molar-refractivity contribution in [1.82, 2.24) is 20.4 Å². The Morgan fingerprint density at radius 3 is 2.40 bits per heavy atom. The molecule has 25 heavy (non-hydrogen) atoms. The summed E-state index contributed by atoms with van der Waals surface area (Å²) in [5.74, 6) is 0. The zero-order valence-electron chi connectivity index (χ0n) is 16.3. The molecule has 2 saturated heterocycles. The third-order valence-corrected chi connectivity index (χ3v) is 5.00. The number of nitrogens with zero attached hydrogens (tertiary/aromatic N) is 2. The van der Waals surface area contributed by atoms with Gasteiger partial charge in [-0.05, 0) is 40.7 Å². The highest BCUT2D eigenvalue weighted by molar-refractivity contribution is 5.73. The number of hydrogen-bond donors (Lipinski definition) is 2. The first-order valence-electron chi connectivity index (χ1n) is 9.59. The van der Waals surface area contributed by atoms with Crippen LogP contribution in [0.3, 0.4) is 0 Å². The molecule has 2 atom stereocenters. The van der Waals surface area contributed by atoms with Crippen LogP contribution >= 0.6 is 0 Å². The van der Waals surface area contributed by atoms with Crippen LogP contribution in [0.15, 0.2) is 0 Å². The van der Waals surface area contributed by atoms with Gasteiger partial charge in [0.1, 0.15) is 0 Å². The molecule has 2 aliphatic heterocycles. The molecule has 2 N–H and O–H groups in total. The number of morpholine rings is 2. The Balaban J connectivity index is 1.61. The normalized spacial score (nSPS) is 26.4. The van der Waals surface area contributed by atoms with Crippen molar-refractivity contribution in [1.29, 1.82) is 0 Å². The van der Waals surface area contributed by atoms with Crippen LogP contribution in [0.5, 0.6) is 0 Å². The molecule has 7 nitrogen and oxygen atoms in total. The van der Waals surface area contributed by atoms with E-state index in [-0.39, 0.29) is 23.8 Å². The monoisotopic (exact) mass is 356 g/mol. The van der Waals surface area contributed by atoms with Crippen molar-refractivity contribution in [3.8, 4) is 0 Å². The Labute approximate surface area is 152 Å². The Bertz CT molecular complexity index is 403. The van der Waals surface area contributed by atoms with Crippen LogP contribution in [0.1, 0.15) is 34.1 Å². The Hall–Kier alpha value is -0.890. The summed E-state index contributed by atoms with van der Waals surface area (Å²) < 4.78 is 11.1. The molecule has 0 aromatic carbocycles. The first kappa shape index (κ1) is 20.4. The van der Waals surface area contributed by atoms with Crippen LogP contribution in [0, 0.1) is 0 Å². The smallest absolute Gasteiger partial charge is 0.314 e. The van der Waals surface area contributed by atoms with E-state index in [2.05, 4.69) is 48.1 Å². The van der Waals surface area contributed by atoms with Crippen molar-refractivity contribution in [2.75, 3.05) is 59.0 Å². The zero-order valence-corrected chi connectivity index (χ0v) is 16.3. The molecular weight excluding hydrogens is 320 g/mol. The summed E-state index contributed by atoms with van der Waals surface area (Å²) in [6.07, 6.45) is 1.43. The van der Waals surface area contributed by atoms with E-state index in [4.69, 9.17) is 9.47 Å². The Kier molecular flexibility index (Phi) is 7.93. The number of urea groups is 1. The minimum atomic E-state index is -0.0859. The van der Waals surface area contributed by atoms with E-state index < -0.39 is 0 Å². The number of carbonyl (C=O) groups is 1. The van der Waals surface area contributed by atoms with E-state index in [0.717, 1.165) is 52.4 Å². The van der Waals surface area contributed by atoms with E-state index >= 15 is 0 Å². The number of rotatable bonds is 7. The van der Waals surface area contributed by atoms with E-state index in [1.165, 1.54) is 0 Å². The number of nitrogens with one attached hydrogen (secondary N) is 2. The first-order chi connectivity index (χ1) is 11.9. The zero-order chi connectivity index (χ0) is 18.3. The van der Waals surface area contributed by atoms with Crippen LogP contribution in [-0.4, -0.2) is 92.6 Å². The molecular formula is C18H36N4O3. The lowest BCUT2D eigenvalue weighted by atomic mass is 10.0. The molecule has 0 aromatic heterocycles. The van der Waals surface area contributed by atoms with E-state index in [1.54, 1.807) is 0 Å². The predicted molar refractivity (Wildman–Crippen MR) is 98.9 cm³/mol. The van der Waals surface area contributed by atoms with Gasteiger partial charge in [0.25, 0.3) is 0 Å². The van der Waals surface area contributed by atoms with Gasteiger partial charge in [0.05, 0.1) is 25.4 Å². The van der Waals surface area contributed by atoms with Crippen molar-refractivity contribution in [3.63, 3.8) is 0 Å². The summed E-state index contributed by atoms with van der Waals surface area (Å²) >= 11 is 0. The van der Waals surface area contributed by atoms with Crippen LogP contribution in [-0.2, 0) is 9.47 Å². The molecule has 2 unspecified atom stereocenters. The van der Waals surface area contributed by atoms with Crippen molar-refractivity contribution < 1.29 is 14.3 Å². The lowest BCUT2D eigenvalue weighted by molar-refractivity contribution is -0.0947. The molecule has 2 fully saturated rings. The van der Waals surface area contributed by atoms with E-state index in [0.29, 0.717) is 13.1 Å². The van der Waals surface area contributed by atoms with Crippen molar-refractivity contribution in [3.05, 3.63) is 0 Å². The highest BCUT2D eigenvalue weighted by atomic mass is 16.5. The Morgan fingerprint density at radius 1 is 1.12 bits per heavy atom. The second kappa shape index (κ2) is 9.71. The lowest BCUT2D eigenvalue weighted by Gasteiger charge is -2.45. The van der Waals surface area contributed by atoms with Crippen LogP contribution < -0.4 is 10.6 Å². The van der Waals surface area contributed by atoms with Gasteiger partial charge in [-0.2, -0.15) is 0 Å². The molecule has 0 saturated carbocycles. The van der Waals surface area contributed by atoms with Gasteiger partial charge in [0, 0.05) is 44.8 Å². The third-order valence-electron chi connectivity index (χ3n) is 5.00. The number of amides is 2. The summed E-state index contributed by atoms with van der Waals surface area (Å²) in [4.78, 5) is 16.8. The van der Waals surface area contributed by atoms with E-state index in [9.17, 15) is 4.79 Å². The number of carbonyl (C=O) groups excluding carboxylic acids is 1. The SMILES string of the molecule is CC1CN(C(C)(C)CNC(=O)NCCCN2CCOCC2)CC(C)O1. The predicted octanol–water partition coefficient (Wildman–Crippen LogP) is 0.896. The molecule has 2 heterocycles. The molecule has 2 aliphatic rings. The van der Waals surface area contributed by atoms with Gasteiger partial charge in [-0.15, -0.1) is 0 Å². The maximum atomic E-state index is 12.1. The second-order valence-electron chi connectivity index (χ2n) is 7.89. The largest absolute Gasteiger partial charge is 0.379 e. The van der Waals surface area contributed by atoms with Gasteiger partial charge in [-0.3, -0.25) is 9.80 Å². The first-order valence-corrected chi connectivity index (χ1v) is 9.59. The Morgan fingerprint density at radius 2 is 1.76 bits per heavy atom. The topological polar surface area (TPSA) is 66.1 Å². The second-order valence-corrected chi connectivity index (χ2v) is 7.89. The number of ether oxygens (including phenoxy) is 2. The standard InChI is InChI=1S/C18H36N4O3/c1-15-12-22(13-16(2)25-15)18(3,4)14-20-17(23)19-6-5-7-21-8-10-24-11-9-21/h15-16H,5-14H2,1-4H3,(H2,19,20,23). The summed E-state index contributed by atoms with van der Waals surface area (Å²) in [5, 5.41) is 5.99. The number of hydrogen-bond acceptors (Lipinski definition) is 5. The highest BCUT2D eigenvalue weighted by Crippen LogP contribution is 2.20. The fourth-order valence-electron chi connectivity index (χ4n) is 3.47. The third kappa shape index (κ3) is 7.09. The fourth-order valence-corrected chi connectivity index (χ4v) is 3.47. The van der Waals surface area contributed by atoms with Gasteiger partial charge in [-0.25, -0.2) is 4.79 Å². The molecule has 2 rings (SSSR count). The lowest BCUT2D eigenvalue weighted by Crippen LogP contribution is -2.59. The van der Waals surface area contributed by atoms with Gasteiger partial charge in [0.2, 0.25) is 0 Å².